The van der Waals surface area contributed by atoms with E-state index >= 15 is 0 Å². The van der Waals surface area contributed by atoms with Crippen molar-refractivity contribution in [1.82, 2.24) is 10.6 Å². The van der Waals surface area contributed by atoms with E-state index in [2.05, 4.69) is 15.4 Å². The molecule has 0 heterocycles. The van der Waals surface area contributed by atoms with Gasteiger partial charge in [-0.15, -0.1) is 0 Å². The molecular formula is C15H23FN2O6. The van der Waals surface area contributed by atoms with Crippen LogP contribution in [0, 0.1) is 0 Å². The Morgan fingerprint density at radius 2 is 1.79 bits per heavy atom. The molecule has 0 radical (unpaired) electrons. The average molecular weight is 346 g/mol. The minimum atomic E-state index is -2.09. The molecule has 8 nitrogen and oxygen atoms in total. The molecule has 9 heteroatoms. The van der Waals surface area contributed by atoms with Crippen molar-refractivity contribution < 1.29 is 33.0 Å². The van der Waals surface area contributed by atoms with Crippen molar-refractivity contribution in [2.45, 2.75) is 57.8 Å². The maximum Gasteiger partial charge on any atom is 0.408 e. The Hall–Kier alpha value is -2.19. The summed E-state index contributed by atoms with van der Waals surface area (Å²) in [5, 5.41) is 4.27. The second kappa shape index (κ2) is 7.59. The lowest BCUT2D eigenvalue weighted by atomic mass is 10.1. The summed E-state index contributed by atoms with van der Waals surface area (Å²) in [6, 6.07) is -1.73. The maximum absolute atomic E-state index is 13.9. The normalized spacial score (nSPS) is 16.5. The van der Waals surface area contributed by atoms with E-state index in [0.29, 0.717) is 0 Å². The number of Topliss-reactive ketones (excluding diaryl/α,β-unsaturated/α-hetero) is 1. The number of halogens is 1. The molecule has 1 atom stereocenters. The first-order chi connectivity index (χ1) is 11.0. The summed E-state index contributed by atoms with van der Waals surface area (Å²) in [4.78, 5) is 47.1. The lowest BCUT2D eigenvalue weighted by Crippen LogP contribution is -2.53. The molecule has 24 heavy (non-hydrogen) atoms. The third-order valence-corrected chi connectivity index (χ3v) is 3.01. The molecule has 1 saturated carbocycles. The molecule has 1 rings (SSSR count). The van der Waals surface area contributed by atoms with Crippen LogP contribution >= 0.6 is 0 Å². The standard InChI is InChI=1S/C15H23FN2O6/c1-5-23-12(21)10(11(20)15(16)6-7-15)18-9(19)8-17-13(22)24-14(2,3)4/h10H,5-8H2,1-4H3,(H,17,22)(H,18,19)/t10-/m1/s1. The van der Waals surface area contributed by atoms with Crippen molar-refractivity contribution in [1.29, 1.82) is 0 Å². The molecule has 0 unspecified atom stereocenters. The van der Waals surface area contributed by atoms with Crippen LogP contribution in [0.3, 0.4) is 0 Å². The Labute approximate surface area is 139 Å². The summed E-state index contributed by atoms with van der Waals surface area (Å²) < 4.78 is 23.5. The van der Waals surface area contributed by atoms with E-state index in [4.69, 9.17) is 4.74 Å². The van der Waals surface area contributed by atoms with E-state index in [1.165, 1.54) is 6.92 Å². The smallest absolute Gasteiger partial charge is 0.408 e. The van der Waals surface area contributed by atoms with Crippen LogP contribution in [0.15, 0.2) is 0 Å². The first kappa shape index (κ1) is 19.9. The average Bonchev–Trinajstić information content (AvgIpc) is 3.19. The zero-order chi connectivity index (χ0) is 18.5. The number of hydrogen-bond donors (Lipinski definition) is 2. The number of alkyl halides is 1. The Bertz CT molecular complexity index is 525. The fourth-order valence-electron chi connectivity index (χ4n) is 1.75. The Morgan fingerprint density at radius 3 is 2.25 bits per heavy atom. The van der Waals surface area contributed by atoms with Crippen LogP contribution in [0.4, 0.5) is 9.18 Å². The lowest BCUT2D eigenvalue weighted by molar-refractivity contribution is -0.152. The van der Waals surface area contributed by atoms with Crippen LogP contribution in [0.2, 0.25) is 0 Å². The van der Waals surface area contributed by atoms with Gasteiger partial charge in [-0.05, 0) is 40.5 Å². The molecule has 2 N–H and O–H groups in total. The predicted octanol–water partition coefficient (Wildman–Crippen LogP) is 0.630. The minimum Gasteiger partial charge on any atom is -0.464 e. The highest BCUT2D eigenvalue weighted by Gasteiger charge is 2.55. The molecule has 0 aromatic heterocycles. The summed E-state index contributed by atoms with van der Waals surface area (Å²) in [6.07, 6.45) is -0.817. The summed E-state index contributed by atoms with van der Waals surface area (Å²) >= 11 is 0. The van der Waals surface area contributed by atoms with E-state index in [9.17, 15) is 23.6 Å². The van der Waals surface area contributed by atoms with Gasteiger partial charge in [0.1, 0.15) is 12.1 Å². The number of carbonyl (C=O) groups is 4. The largest absolute Gasteiger partial charge is 0.464 e. The number of amides is 2. The van der Waals surface area contributed by atoms with Gasteiger partial charge >= 0.3 is 12.1 Å². The minimum absolute atomic E-state index is 0.00771. The molecule has 1 aliphatic carbocycles. The molecule has 136 valence electrons. The topological polar surface area (TPSA) is 111 Å². The zero-order valence-electron chi connectivity index (χ0n) is 14.2. The fourth-order valence-corrected chi connectivity index (χ4v) is 1.75. The number of ether oxygens (including phenoxy) is 2. The summed E-state index contributed by atoms with van der Waals surface area (Å²) in [7, 11) is 0. The van der Waals surface area contributed by atoms with Crippen LogP contribution in [0.5, 0.6) is 0 Å². The Balaban J connectivity index is 2.59. The van der Waals surface area contributed by atoms with Crippen molar-refractivity contribution in [3.05, 3.63) is 0 Å². The highest BCUT2D eigenvalue weighted by Crippen LogP contribution is 2.41. The predicted molar refractivity (Wildman–Crippen MR) is 80.9 cm³/mol. The van der Waals surface area contributed by atoms with Gasteiger partial charge in [0.15, 0.2) is 11.7 Å². The first-order valence-corrected chi connectivity index (χ1v) is 7.64. The Kier molecular flexibility index (Phi) is 6.28. The number of ketones is 1. The fraction of sp³-hybridized carbons (Fsp3) is 0.733. The number of nitrogens with one attached hydrogen (secondary N) is 2. The number of alkyl carbamates (subject to hydrolysis) is 1. The van der Waals surface area contributed by atoms with E-state index in [0.717, 1.165) is 0 Å². The van der Waals surface area contributed by atoms with Gasteiger partial charge in [0.05, 0.1) is 6.61 Å². The van der Waals surface area contributed by atoms with Gasteiger partial charge in [0, 0.05) is 0 Å². The highest BCUT2D eigenvalue weighted by molar-refractivity contribution is 6.10. The first-order valence-electron chi connectivity index (χ1n) is 7.64. The van der Waals surface area contributed by atoms with Crippen molar-refractivity contribution in [3.63, 3.8) is 0 Å². The number of hydrogen-bond acceptors (Lipinski definition) is 6. The van der Waals surface area contributed by atoms with Crippen molar-refractivity contribution in [2.24, 2.45) is 0 Å². The molecule has 0 aromatic rings. The highest BCUT2D eigenvalue weighted by atomic mass is 19.1. The SMILES string of the molecule is CCOC(=O)[C@H](NC(=O)CNC(=O)OC(C)(C)C)C(=O)C1(F)CC1. The number of esters is 1. The monoisotopic (exact) mass is 346 g/mol. The quantitative estimate of drug-likeness (QED) is 0.517. The number of rotatable bonds is 7. The van der Waals surface area contributed by atoms with Crippen LogP contribution in [0.25, 0.3) is 0 Å². The van der Waals surface area contributed by atoms with Gasteiger partial charge in [0.25, 0.3) is 0 Å². The van der Waals surface area contributed by atoms with Crippen molar-refractivity contribution in [3.8, 4) is 0 Å². The molecule has 0 aliphatic heterocycles. The molecule has 2 amide bonds. The summed E-state index contributed by atoms with van der Waals surface area (Å²) in [5.74, 6) is -2.90. The third-order valence-electron chi connectivity index (χ3n) is 3.01. The zero-order valence-corrected chi connectivity index (χ0v) is 14.2. The van der Waals surface area contributed by atoms with Gasteiger partial charge < -0.3 is 20.1 Å². The second-order valence-electron chi connectivity index (χ2n) is 6.44. The Morgan fingerprint density at radius 1 is 1.21 bits per heavy atom. The number of carbonyl (C=O) groups excluding carboxylic acids is 4. The lowest BCUT2D eigenvalue weighted by Gasteiger charge is -2.20. The van der Waals surface area contributed by atoms with Crippen molar-refractivity contribution in [2.75, 3.05) is 13.2 Å². The van der Waals surface area contributed by atoms with Crippen LogP contribution in [0.1, 0.15) is 40.5 Å². The van der Waals surface area contributed by atoms with E-state index in [1.54, 1.807) is 20.8 Å². The van der Waals surface area contributed by atoms with E-state index in [-0.39, 0.29) is 19.4 Å². The third kappa shape index (κ3) is 6.13. The van der Waals surface area contributed by atoms with Crippen LogP contribution in [-0.2, 0) is 23.9 Å². The van der Waals surface area contributed by atoms with Crippen LogP contribution in [-0.4, -0.2) is 54.2 Å². The molecule has 0 saturated heterocycles. The molecule has 1 aliphatic rings. The van der Waals surface area contributed by atoms with E-state index < -0.39 is 47.6 Å². The van der Waals surface area contributed by atoms with Gasteiger partial charge in [-0.1, -0.05) is 0 Å². The maximum atomic E-state index is 13.9. The van der Waals surface area contributed by atoms with Gasteiger partial charge in [-0.25, -0.2) is 14.0 Å². The molecule has 0 spiro atoms. The second-order valence-corrected chi connectivity index (χ2v) is 6.44. The van der Waals surface area contributed by atoms with Gasteiger partial charge in [-0.2, -0.15) is 0 Å². The van der Waals surface area contributed by atoms with Gasteiger partial charge in [-0.3, -0.25) is 9.59 Å². The van der Waals surface area contributed by atoms with Crippen molar-refractivity contribution >= 4 is 23.8 Å². The van der Waals surface area contributed by atoms with Crippen LogP contribution < -0.4 is 10.6 Å². The molecule has 1 fully saturated rings. The van der Waals surface area contributed by atoms with E-state index in [1.807, 2.05) is 0 Å². The summed E-state index contributed by atoms with van der Waals surface area (Å²) in [6.45, 7) is 5.92. The molecular weight excluding hydrogens is 323 g/mol. The van der Waals surface area contributed by atoms with Gasteiger partial charge in [0.2, 0.25) is 11.7 Å². The molecule has 0 bridgehead atoms. The molecule has 0 aromatic carbocycles. The summed E-state index contributed by atoms with van der Waals surface area (Å²) in [5.41, 5.74) is -2.83.